The van der Waals surface area contributed by atoms with E-state index in [-0.39, 0.29) is 5.41 Å². The molecule has 88 valence electrons. The molecular formula is C12H22O3. The van der Waals surface area contributed by atoms with Crippen molar-refractivity contribution in [3.8, 4) is 0 Å². The van der Waals surface area contributed by atoms with Crippen molar-refractivity contribution in [1.82, 2.24) is 0 Å². The van der Waals surface area contributed by atoms with Crippen LogP contribution in [0.1, 0.15) is 40.0 Å². The molecule has 3 heterocycles. The average molecular weight is 214 g/mol. The maximum Gasteiger partial charge on any atom is 0.282 e. The van der Waals surface area contributed by atoms with Crippen molar-refractivity contribution >= 4 is 0 Å². The molecule has 0 radical (unpaired) electrons. The highest BCUT2D eigenvalue weighted by Crippen LogP contribution is 2.44. The second-order valence-corrected chi connectivity index (χ2v) is 5.17. The van der Waals surface area contributed by atoms with E-state index < -0.39 is 5.97 Å². The quantitative estimate of drug-likeness (QED) is 0.719. The van der Waals surface area contributed by atoms with Crippen LogP contribution < -0.4 is 0 Å². The van der Waals surface area contributed by atoms with Gasteiger partial charge in [-0.3, -0.25) is 0 Å². The molecule has 2 bridgehead atoms. The van der Waals surface area contributed by atoms with Crippen molar-refractivity contribution in [2.45, 2.75) is 46.0 Å². The van der Waals surface area contributed by atoms with Gasteiger partial charge in [0.25, 0.3) is 5.97 Å². The first-order chi connectivity index (χ1) is 7.13. The molecule has 3 heteroatoms. The van der Waals surface area contributed by atoms with Crippen molar-refractivity contribution in [3.05, 3.63) is 0 Å². The minimum absolute atomic E-state index is 0.0912. The van der Waals surface area contributed by atoms with Crippen LogP contribution in [0.25, 0.3) is 0 Å². The van der Waals surface area contributed by atoms with Crippen LogP contribution in [0.15, 0.2) is 0 Å². The zero-order valence-electron chi connectivity index (χ0n) is 10.0. The first kappa shape index (κ1) is 11.4. The average Bonchev–Trinajstić information content (AvgIpc) is 2.29. The first-order valence-electron chi connectivity index (χ1n) is 6.04. The number of hydrogen-bond donors (Lipinski definition) is 0. The lowest BCUT2D eigenvalue weighted by Gasteiger charge is -2.53. The van der Waals surface area contributed by atoms with Crippen molar-refractivity contribution in [2.75, 3.05) is 19.8 Å². The lowest BCUT2D eigenvalue weighted by Crippen LogP contribution is -2.61. The van der Waals surface area contributed by atoms with Gasteiger partial charge in [0, 0.05) is 11.8 Å². The summed E-state index contributed by atoms with van der Waals surface area (Å²) in [4.78, 5) is 0. The molecule has 0 spiro atoms. The van der Waals surface area contributed by atoms with Crippen LogP contribution in [0.2, 0.25) is 0 Å². The molecule has 3 rings (SSSR count). The summed E-state index contributed by atoms with van der Waals surface area (Å²) in [5, 5.41) is 0. The summed E-state index contributed by atoms with van der Waals surface area (Å²) in [7, 11) is 0. The summed E-state index contributed by atoms with van der Waals surface area (Å²) in [6, 6.07) is 0. The molecule has 0 aromatic heterocycles. The van der Waals surface area contributed by atoms with Crippen LogP contribution in [0, 0.1) is 11.3 Å². The third-order valence-corrected chi connectivity index (χ3v) is 3.80. The topological polar surface area (TPSA) is 27.7 Å². The summed E-state index contributed by atoms with van der Waals surface area (Å²) >= 11 is 0. The normalized spacial score (nSPS) is 40.0. The largest absolute Gasteiger partial charge is 0.327 e. The number of unbranched alkanes of at least 4 members (excludes halogenated alkanes) is 1. The molecule has 0 aliphatic carbocycles. The molecule has 3 fully saturated rings. The van der Waals surface area contributed by atoms with E-state index in [0.717, 1.165) is 39.1 Å². The van der Waals surface area contributed by atoms with Gasteiger partial charge >= 0.3 is 0 Å². The Bertz CT molecular complexity index is 200. The van der Waals surface area contributed by atoms with Gasteiger partial charge in [-0.2, -0.15) is 0 Å². The zero-order valence-corrected chi connectivity index (χ0v) is 10.0. The molecule has 0 saturated carbocycles. The highest BCUT2D eigenvalue weighted by Gasteiger charge is 2.53. The van der Waals surface area contributed by atoms with E-state index in [1.807, 2.05) is 0 Å². The van der Waals surface area contributed by atoms with Crippen LogP contribution >= 0.6 is 0 Å². The van der Waals surface area contributed by atoms with Crippen LogP contribution in [0.5, 0.6) is 0 Å². The lowest BCUT2D eigenvalue weighted by atomic mass is 9.77. The van der Waals surface area contributed by atoms with Crippen molar-refractivity contribution in [2.24, 2.45) is 11.3 Å². The van der Waals surface area contributed by atoms with Crippen molar-refractivity contribution in [3.63, 3.8) is 0 Å². The molecule has 3 aliphatic heterocycles. The van der Waals surface area contributed by atoms with E-state index in [1.165, 1.54) is 0 Å². The van der Waals surface area contributed by atoms with Gasteiger partial charge in [-0.1, -0.05) is 27.2 Å². The Morgan fingerprint density at radius 3 is 2.00 bits per heavy atom. The van der Waals surface area contributed by atoms with E-state index in [1.54, 1.807) is 0 Å². The van der Waals surface area contributed by atoms with Gasteiger partial charge in [-0.25, -0.2) is 0 Å². The maximum absolute atomic E-state index is 5.79. The molecule has 3 saturated heterocycles. The molecule has 3 nitrogen and oxygen atoms in total. The molecule has 15 heavy (non-hydrogen) atoms. The lowest BCUT2D eigenvalue weighted by molar-refractivity contribution is -0.474. The number of ether oxygens (including phenoxy) is 3. The van der Waals surface area contributed by atoms with Crippen LogP contribution in [-0.2, 0) is 14.2 Å². The predicted octanol–water partition coefficient (Wildman–Crippen LogP) is 2.55. The van der Waals surface area contributed by atoms with Gasteiger partial charge in [0.05, 0.1) is 19.8 Å². The van der Waals surface area contributed by atoms with Crippen molar-refractivity contribution in [1.29, 1.82) is 0 Å². The standard InChI is InChI=1S/C12H22O3/c1-4-5-6-12-13-7-11(8-14-12,9-15-12)10(2)3/h10H,4-9H2,1-3H3. The molecule has 0 amide bonds. The second-order valence-electron chi connectivity index (χ2n) is 5.17. The SMILES string of the molecule is CCCCC12OCC(C(C)C)(CO1)CO2. The summed E-state index contributed by atoms with van der Waals surface area (Å²) < 4.78 is 17.4. The Balaban J connectivity index is 1.98. The first-order valence-corrected chi connectivity index (χ1v) is 6.04. The molecule has 3 aliphatic rings. The Morgan fingerprint density at radius 2 is 1.60 bits per heavy atom. The Hall–Kier alpha value is -0.120. The molecule has 0 atom stereocenters. The van der Waals surface area contributed by atoms with E-state index in [0.29, 0.717) is 5.92 Å². The van der Waals surface area contributed by atoms with Gasteiger partial charge in [-0.15, -0.1) is 0 Å². The van der Waals surface area contributed by atoms with E-state index in [2.05, 4.69) is 20.8 Å². The smallest absolute Gasteiger partial charge is 0.282 e. The second kappa shape index (κ2) is 4.04. The third kappa shape index (κ3) is 1.93. The maximum atomic E-state index is 5.79. The van der Waals surface area contributed by atoms with Gasteiger partial charge in [0.1, 0.15) is 0 Å². The van der Waals surface area contributed by atoms with Crippen LogP contribution in [0.4, 0.5) is 0 Å². The molecule has 0 unspecified atom stereocenters. The summed E-state index contributed by atoms with van der Waals surface area (Å²) in [5.41, 5.74) is 0.0912. The fourth-order valence-electron chi connectivity index (χ4n) is 2.12. The minimum Gasteiger partial charge on any atom is -0.327 e. The van der Waals surface area contributed by atoms with Gasteiger partial charge in [0.15, 0.2) is 0 Å². The van der Waals surface area contributed by atoms with Crippen LogP contribution in [0.3, 0.4) is 0 Å². The molecule has 0 N–H and O–H groups in total. The summed E-state index contributed by atoms with van der Waals surface area (Å²) in [5.74, 6) is -0.158. The van der Waals surface area contributed by atoms with E-state index in [9.17, 15) is 0 Å². The number of rotatable bonds is 4. The van der Waals surface area contributed by atoms with E-state index >= 15 is 0 Å². The highest BCUT2D eigenvalue weighted by atomic mass is 16.9. The zero-order chi connectivity index (χ0) is 10.9. The van der Waals surface area contributed by atoms with Gasteiger partial charge in [-0.05, 0) is 12.3 Å². The number of hydrogen-bond acceptors (Lipinski definition) is 3. The molecule has 0 aromatic carbocycles. The summed E-state index contributed by atoms with van der Waals surface area (Å²) in [6.45, 7) is 8.94. The van der Waals surface area contributed by atoms with Crippen LogP contribution in [-0.4, -0.2) is 25.8 Å². The third-order valence-electron chi connectivity index (χ3n) is 3.80. The van der Waals surface area contributed by atoms with Gasteiger partial charge in [0.2, 0.25) is 0 Å². The fraction of sp³-hybridized carbons (Fsp3) is 1.00. The predicted molar refractivity (Wildman–Crippen MR) is 57.4 cm³/mol. The highest BCUT2D eigenvalue weighted by molar-refractivity contribution is 4.90. The Labute approximate surface area is 92.1 Å². The monoisotopic (exact) mass is 214 g/mol. The van der Waals surface area contributed by atoms with E-state index in [4.69, 9.17) is 14.2 Å². The number of fused-ring (bicyclic) bond motifs is 3. The Kier molecular flexibility index (Phi) is 3.06. The molecular weight excluding hydrogens is 192 g/mol. The fourth-order valence-corrected chi connectivity index (χ4v) is 2.12. The summed E-state index contributed by atoms with van der Waals surface area (Å²) in [6.07, 6.45) is 3.10. The van der Waals surface area contributed by atoms with Gasteiger partial charge < -0.3 is 14.2 Å². The molecule has 0 aromatic rings. The Morgan fingerprint density at radius 1 is 1.07 bits per heavy atom. The minimum atomic E-state index is -0.702. The van der Waals surface area contributed by atoms with Crippen molar-refractivity contribution < 1.29 is 14.2 Å².